The van der Waals surface area contributed by atoms with Gasteiger partial charge in [-0.25, -0.2) is 0 Å². The maximum Gasteiger partial charge on any atom is 0.228 e. The highest BCUT2D eigenvalue weighted by Crippen LogP contribution is 2.41. The van der Waals surface area contributed by atoms with Gasteiger partial charge in [-0.1, -0.05) is 60.7 Å². The van der Waals surface area contributed by atoms with Crippen LogP contribution in [0.15, 0.2) is 78.9 Å². The monoisotopic (exact) mass is 437 g/mol. The molecule has 0 unspecified atom stereocenters. The largest absolute Gasteiger partial charge is 0.279 e. The number of rotatable bonds is 2. The van der Waals surface area contributed by atoms with Crippen LogP contribution < -0.4 is 0 Å². The van der Waals surface area contributed by atoms with Gasteiger partial charge in [0.2, 0.25) is 5.91 Å². The lowest BCUT2D eigenvalue weighted by Crippen LogP contribution is -2.07. The van der Waals surface area contributed by atoms with Crippen LogP contribution >= 0.6 is 22.6 Å². The number of fused-ring (bicyclic) bond motifs is 1. The summed E-state index contributed by atoms with van der Waals surface area (Å²) in [5.41, 5.74) is 5.17. The summed E-state index contributed by atoms with van der Waals surface area (Å²) in [7, 11) is 0. The Morgan fingerprint density at radius 2 is 1.44 bits per heavy atom. The van der Waals surface area contributed by atoms with Gasteiger partial charge in [-0.2, -0.15) is 0 Å². The molecule has 0 saturated heterocycles. The fourth-order valence-electron chi connectivity index (χ4n) is 3.36. The van der Waals surface area contributed by atoms with Crippen molar-refractivity contribution in [3.05, 3.63) is 82.4 Å². The van der Waals surface area contributed by atoms with E-state index < -0.39 is 0 Å². The fourth-order valence-corrected chi connectivity index (χ4v) is 3.85. The first-order valence-electron chi connectivity index (χ1n) is 8.12. The molecule has 1 heterocycles. The summed E-state index contributed by atoms with van der Waals surface area (Å²) < 4.78 is 2.99. The van der Waals surface area contributed by atoms with Crippen molar-refractivity contribution < 1.29 is 4.79 Å². The van der Waals surface area contributed by atoms with Gasteiger partial charge in [-0.05, 0) is 51.9 Å². The van der Waals surface area contributed by atoms with Crippen molar-refractivity contribution in [1.82, 2.24) is 4.57 Å². The molecule has 4 aromatic rings. The fraction of sp³-hybridized carbons (Fsp3) is 0.0455. The molecule has 1 aromatic heterocycles. The van der Waals surface area contributed by atoms with Crippen molar-refractivity contribution >= 4 is 39.4 Å². The van der Waals surface area contributed by atoms with Crippen LogP contribution in [0.2, 0.25) is 0 Å². The minimum atomic E-state index is 0.0206. The molecule has 3 heteroatoms. The molecule has 0 aliphatic heterocycles. The Morgan fingerprint density at radius 1 is 0.840 bits per heavy atom. The van der Waals surface area contributed by atoms with E-state index in [0.29, 0.717) is 0 Å². The minimum Gasteiger partial charge on any atom is -0.279 e. The third kappa shape index (κ3) is 2.78. The van der Waals surface area contributed by atoms with Gasteiger partial charge in [0, 0.05) is 21.4 Å². The molecular formula is C22H16INO. The van der Waals surface area contributed by atoms with E-state index in [0.717, 1.165) is 36.9 Å². The second-order valence-electron chi connectivity index (χ2n) is 5.97. The zero-order valence-electron chi connectivity index (χ0n) is 13.7. The molecule has 0 radical (unpaired) electrons. The van der Waals surface area contributed by atoms with E-state index in [-0.39, 0.29) is 5.91 Å². The number of hydrogen-bond donors (Lipinski definition) is 0. The van der Waals surface area contributed by atoms with Crippen molar-refractivity contribution in [3.8, 4) is 22.4 Å². The summed E-state index contributed by atoms with van der Waals surface area (Å²) in [6.07, 6.45) is 0. The minimum absolute atomic E-state index is 0.0206. The van der Waals surface area contributed by atoms with Crippen LogP contribution in [0.4, 0.5) is 0 Å². The number of hydrogen-bond acceptors (Lipinski definition) is 1. The summed E-state index contributed by atoms with van der Waals surface area (Å²) in [4.78, 5) is 12.5. The van der Waals surface area contributed by atoms with Gasteiger partial charge in [0.1, 0.15) is 0 Å². The molecule has 0 aliphatic carbocycles. The second-order valence-corrected chi connectivity index (χ2v) is 7.22. The number of halogens is 1. The van der Waals surface area contributed by atoms with Crippen LogP contribution in [0.3, 0.4) is 0 Å². The zero-order chi connectivity index (χ0) is 17.4. The van der Waals surface area contributed by atoms with E-state index in [1.54, 1.807) is 6.92 Å². The van der Waals surface area contributed by atoms with Crippen LogP contribution in [0, 0.1) is 3.57 Å². The molecule has 0 fully saturated rings. The summed E-state index contributed by atoms with van der Waals surface area (Å²) in [6, 6.07) is 26.7. The lowest BCUT2D eigenvalue weighted by atomic mass is 9.98. The summed E-state index contributed by atoms with van der Waals surface area (Å²) in [5.74, 6) is 0.0206. The molecule has 0 amide bonds. The molecule has 4 rings (SSSR count). The molecule has 0 atom stereocenters. The van der Waals surface area contributed by atoms with Gasteiger partial charge in [0.15, 0.2) is 0 Å². The molecule has 122 valence electrons. The first-order chi connectivity index (χ1) is 12.2. The molecule has 2 nitrogen and oxygen atoms in total. The molecule has 25 heavy (non-hydrogen) atoms. The Balaban J connectivity index is 2.21. The van der Waals surface area contributed by atoms with Crippen LogP contribution in [-0.4, -0.2) is 10.5 Å². The van der Waals surface area contributed by atoms with Crippen LogP contribution in [-0.2, 0) is 0 Å². The van der Waals surface area contributed by atoms with Gasteiger partial charge < -0.3 is 0 Å². The van der Waals surface area contributed by atoms with Gasteiger partial charge in [0.25, 0.3) is 0 Å². The maximum absolute atomic E-state index is 12.5. The molecule has 3 aromatic carbocycles. The van der Waals surface area contributed by atoms with E-state index in [4.69, 9.17) is 0 Å². The van der Waals surface area contributed by atoms with Crippen molar-refractivity contribution in [1.29, 1.82) is 0 Å². The second kappa shape index (κ2) is 6.48. The highest BCUT2D eigenvalue weighted by Gasteiger charge is 2.22. The van der Waals surface area contributed by atoms with Gasteiger partial charge in [0.05, 0.1) is 11.2 Å². The Kier molecular flexibility index (Phi) is 4.17. The number of carbonyl (C=O) groups excluding carboxylic acids is 1. The van der Waals surface area contributed by atoms with E-state index in [1.807, 2.05) is 53.1 Å². The molecule has 0 aliphatic rings. The summed E-state index contributed by atoms with van der Waals surface area (Å²) in [5, 5.41) is 1.10. The van der Waals surface area contributed by atoms with Crippen molar-refractivity contribution in [2.24, 2.45) is 0 Å². The molecular weight excluding hydrogens is 421 g/mol. The Morgan fingerprint density at radius 3 is 2.04 bits per heavy atom. The highest BCUT2D eigenvalue weighted by atomic mass is 127. The predicted octanol–water partition coefficient (Wildman–Crippen LogP) is 6.24. The summed E-state index contributed by atoms with van der Waals surface area (Å²) in [6.45, 7) is 1.62. The van der Waals surface area contributed by atoms with E-state index in [2.05, 4.69) is 52.9 Å². The number of benzene rings is 3. The standard InChI is InChI=1S/C22H16INO/c1-15(25)24-20-13-12-18(23)14-19(20)21(16-8-4-2-5-9-16)22(24)17-10-6-3-7-11-17/h2-14H,1H3. The third-order valence-corrected chi connectivity index (χ3v) is 5.02. The highest BCUT2D eigenvalue weighted by molar-refractivity contribution is 14.1. The zero-order valence-corrected chi connectivity index (χ0v) is 15.9. The van der Waals surface area contributed by atoms with Crippen molar-refractivity contribution in [2.45, 2.75) is 6.92 Å². The lowest BCUT2D eigenvalue weighted by molar-refractivity contribution is 0.0943. The van der Waals surface area contributed by atoms with Crippen molar-refractivity contribution in [2.75, 3.05) is 0 Å². The first kappa shape index (κ1) is 16.1. The van der Waals surface area contributed by atoms with Crippen molar-refractivity contribution in [3.63, 3.8) is 0 Å². The average Bonchev–Trinajstić information content (AvgIpc) is 2.97. The van der Waals surface area contributed by atoms with Gasteiger partial charge >= 0.3 is 0 Å². The lowest BCUT2D eigenvalue weighted by Gasteiger charge is -2.10. The predicted molar refractivity (Wildman–Crippen MR) is 112 cm³/mol. The number of nitrogens with zero attached hydrogens (tertiary/aromatic N) is 1. The maximum atomic E-state index is 12.5. The van der Waals surface area contributed by atoms with Crippen LogP contribution in [0.5, 0.6) is 0 Å². The Labute approximate surface area is 160 Å². The molecule has 0 N–H and O–H groups in total. The van der Waals surface area contributed by atoms with Crippen LogP contribution in [0.25, 0.3) is 33.3 Å². The van der Waals surface area contributed by atoms with E-state index in [1.165, 1.54) is 0 Å². The third-order valence-electron chi connectivity index (χ3n) is 4.35. The molecule has 0 spiro atoms. The topological polar surface area (TPSA) is 22.0 Å². The smallest absolute Gasteiger partial charge is 0.228 e. The van der Waals surface area contributed by atoms with E-state index in [9.17, 15) is 4.79 Å². The quantitative estimate of drug-likeness (QED) is 0.341. The Hall–Kier alpha value is -2.40. The van der Waals surface area contributed by atoms with E-state index >= 15 is 0 Å². The summed E-state index contributed by atoms with van der Waals surface area (Å²) >= 11 is 2.32. The van der Waals surface area contributed by atoms with Crippen LogP contribution in [0.1, 0.15) is 11.7 Å². The normalized spacial score (nSPS) is 11.0. The molecule has 0 saturated carbocycles. The van der Waals surface area contributed by atoms with Gasteiger partial charge in [-0.15, -0.1) is 0 Å². The Bertz CT molecular complexity index is 1070. The number of aromatic nitrogens is 1. The average molecular weight is 437 g/mol. The SMILES string of the molecule is CC(=O)n1c(-c2ccccc2)c(-c2ccccc2)c2cc(I)ccc21. The number of carbonyl (C=O) groups is 1. The van der Waals surface area contributed by atoms with Gasteiger partial charge in [-0.3, -0.25) is 9.36 Å². The molecule has 0 bridgehead atoms. The first-order valence-corrected chi connectivity index (χ1v) is 9.20.